The van der Waals surface area contributed by atoms with Gasteiger partial charge in [-0.15, -0.1) is 10.2 Å². The van der Waals surface area contributed by atoms with Crippen molar-refractivity contribution >= 4 is 17.5 Å². The molecule has 1 aromatic carbocycles. The SMILES string of the molecule is CNC(=O)c1nnc(-c2cccc(Cl)c2)o1. The van der Waals surface area contributed by atoms with E-state index in [0.29, 0.717) is 10.6 Å². The predicted octanol–water partition coefficient (Wildman–Crippen LogP) is 1.75. The van der Waals surface area contributed by atoms with Crippen LogP contribution in [0.3, 0.4) is 0 Å². The number of carbonyl (C=O) groups is 1. The van der Waals surface area contributed by atoms with E-state index in [4.69, 9.17) is 16.0 Å². The molecule has 2 rings (SSSR count). The van der Waals surface area contributed by atoms with E-state index in [9.17, 15) is 4.79 Å². The van der Waals surface area contributed by atoms with Crippen LogP contribution in [0.15, 0.2) is 28.7 Å². The Balaban J connectivity index is 2.35. The number of carbonyl (C=O) groups excluding carboxylic acids is 1. The molecule has 0 atom stereocenters. The summed E-state index contributed by atoms with van der Waals surface area (Å²) in [4.78, 5) is 11.2. The van der Waals surface area contributed by atoms with Crippen LogP contribution in [-0.2, 0) is 0 Å². The zero-order valence-corrected chi connectivity index (χ0v) is 9.15. The third kappa shape index (κ3) is 2.04. The van der Waals surface area contributed by atoms with Gasteiger partial charge in [0.1, 0.15) is 0 Å². The Morgan fingerprint density at radius 2 is 2.25 bits per heavy atom. The Labute approximate surface area is 96.4 Å². The van der Waals surface area contributed by atoms with Crippen molar-refractivity contribution in [3.8, 4) is 11.5 Å². The van der Waals surface area contributed by atoms with Gasteiger partial charge in [-0.2, -0.15) is 0 Å². The van der Waals surface area contributed by atoms with Gasteiger partial charge in [0.05, 0.1) is 0 Å². The van der Waals surface area contributed by atoms with E-state index in [1.807, 2.05) is 0 Å². The van der Waals surface area contributed by atoms with E-state index in [0.717, 1.165) is 0 Å². The van der Waals surface area contributed by atoms with Gasteiger partial charge >= 0.3 is 11.8 Å². The van der Waals surface area contributed by atoms with E-state index >= 15 is 0 Å². The molecule has 0 bridgehead atoms. The van der Waals surface area contributed by atoms with Crippen LogP contribution in [-0.4, -0.2) is 23.2 Å². The van der Waals surface area contributed by atoms with Crippen LogP contribution in [0.1, 0.15) is 10.7 Å². The number of halogens is 1. The summed E-state index contributed by atoms with van der Waals surface area (Å²) in [6.45, 7) is 0. The van der Waals surface area contributed by atoms with Gasteiger partial charge in [0, 0.05) is 17.6 Å². The molecule has 2 aromatic rings. The Bertz CT molecular complexity index is 524. The number of nitrogens with one attached hydrogen (secondary N) is 1. The van der Waals surface area contributed by atoms with Crippen molar-refractivity contribution in [2.45, 2.75) is 0 Å². The van der Waals surface area contributed by atoms with Crippen LogP contribution >= 0.6 is 11.6 Å². The Hall–Kier alpha value is -1.88. The molecule has 1 N–H and O–H groups in total. The van der Waals surface area contributed by atoms with E-state index < -0.39 is 5.91 Å². The number of hydrogen-bond donors (Lipinski definition) is 1. The molecular weight excluding hydrogens is 230 g/mol. The zero-order valence-electron chi connectivity index (χ0n) is 8.40. The average Bonchev–Trinajstić information content (AvgIpc) is 2.77. The van der Waals surface area contributed by atoms with Crippen molar-refractivity contribution in [1.82, 2.24) is 15.5 Å². The smallest absolute Gasteiger partial charge is 0.308 e. The fraction of sp³-hybridized carbons (Fsp3) is 0.100. The Morgan fingerprint density at radius 1 is 1.44 bits per heavy atom. The second kappa shape index (κ2) is 4.32. The summed E-state index contributed by atoms with van der Waals surface area (Å²) in [5.74, 6) is -0.223. The first-order valence-corrected chi connectivity index (χ1v) is 4.90. The standard InChI is InChI=1S/C10H8ClN3O2/c1-12-8(15)10-14-13-9(16-10)6-3-2-4-7(11)5-6/h2-5H,1H3,(H,12,15). The molecular formula is C10H8ClN3O2. The molecule has 0 radical (unpaired) electrons. The third-order valence-corrected chi connectivity index (χ3v) is 2.15. The lowest BCUT2D eigenvalue weighted by molar-refractivity contribution is 0.0929. The number of benzene rings is 1. The molecule has 82 valence electrons. The van der Waals surface area contributed by atoms with E-state index in [2.05, 4.69) is 15.5 Å². The maximum atomic E-state index is 11.2. The minimum Gasteiger partial charge on any atom is -0.412 e. The quantitative estimate of drug-likeness (QED) is 0.864. The van der Waals surface area contributed by atoms with Gasteiger partial charge in [0.2, 0.25) is 5.89 Å². The number of nitrogens with zero attached hydrogens (tertiary/aromatic N) is 2. The highest BCUT2D eigenvalue weighted by Crippen LogP contribution is 2.21. The molecule has 16 heavy (non-hydrogen) atoms. The number of aromatic nitrogens is 2. The van der Waals surface area contributed by atoms with Crippen LogP contribution in [0, 0.1) is 0 Å². The summed E-state index contributed by atoms with van der Waals surface area (Å²) in [5.41, 5.74) is 0.676. The van der Waals surface area contributed by atoms with Crippen LogP contribution in [0.5, 0.6) is 0 Å². The highest BCUT2D eigenvalue weighted by atomic mass is 35.5. The lowest BCUT2D eigenvalue weighted by atomic mass is 10.2. The molecule has 6 heteroatoms. The maximum Gasteiger partial charge on any atom is 0.308 e. The third-order valence-electron chi connectivity index (χ3n) is 1.92. The Kier molecular flexibility index (Phi) is 2.87. The summed E-state index contributed by atoms with van der Waals surface area (Å²) in [6, 6.07) is 6.96. The molecule has 0 aliphatic heterocycles. The molecule has 0 aliphatic carbocycles. The number of amides is 1. The van der Waals surface area contributed by atoms with Gasteiger partial charge < -0.3 is 9.73 Å². The van der Waals surface area contributed by atoms with E-state index in [1.54, 1.807) is 24.3 Å². The summed E-state index contributed by atoms with van der Waals surface area (Å²) in [7, 11) is 1.49. The first-order valence-electron chi connectivity index (χ1n) is 4.52. The Morgan fingerprint density at radius 3 is 2.94 bits per heavy atom. The van der Waals surface area contributed by atoms with Crippen molar-refractivity contribution in [2.24, 2.45) is 0 Å². The minimum atomic E-state index is -0.416. The van der Waals surface area contributed by atoms with Gasteiger partial charge in [-0.1, -0.05) is 17.7 Å². The first-order chi connectivity index (χ1) is 7.70. The molecule has 0 saturated carbocycles. The second-order valence-electron chi connectivity index (χ2n) is 3.00. The lowest BCUT2D eigenvalue weighted by Gasteiger charge is -1.94. The van der Waals surface area contributed by atoms with Gasteiger partial charge in [-0.25, -0.2) is 0 Å². The summed E-state index contributed by atoms with van der Waals surface area (Å²) >= 11 is 5.82. The second-order valence-corrected chi connectivity index (χ2v) is 3.44. The van der Waals surface area contributed by atoms with Gasteiger partial charge in [0.15, 0.2) is 0 Å². The monoisotopic (exact) mass is 237 g/mol. The molecule has 1 aromatic heterocycles. The molecule has 0 fully saturated rings. The van der Waals surface area contributed by atoms with Crippen LogP contribution in [0.2, 0.25) is 5.02 Å². The fourth-order valence-corrected chi connectivity index (χ4v) is 1.35. The number of rotatable bonds is 2. The molecule has 0 spiro atoms. The van der Waals surface area contributed by atoms with Crippen molar-refractivity contribution in [1.29, 1.82) is 0 Å². The zero-order chi connectivity index (χ0) is 11.5. The van der Waals surface area contributed by atoms with E-state index in [1.165, 1.54) is 7.05 Å². The highest BCUT2D eigenvalue weighted by molar-refractivity contribution is 6.30. The van der Waals surface area contributed by atoms with Crippen LogP contribution in [0.25, 0.3) is 11.5 Å². The molecule has 5 nitrogen and oxygen atoms in total. The van der Waals surface area contributed by atoms with Crippen molar-refractivity contribution < 1.29 is 9.21 Å². The largest absolute Gasteiger partial charge is 0.412 e. The lowest BCUT2D eigenvalue weighted by Crippen LogP contribution is -2.17. The van der Waals surface area contributed by atoms with Crippen LogP contribution in [0.4, 0.5) is 0 Å². The molecule has 0 unspecified atom stereocenters. The van der Waals surface area contributed by atoms with Gasteiger partial charge in [-0.3, -0.25) is 4.79 Å². The molecule has 0 aliphatic rings. The summed E-state index contributed by atoms with van der Waals surface area (Å²) in [6.07, 6.45) is 0. The highest BCUT2D eigenvalue weighted by Gasteiger charge is 2.14. The van der Waals surface area contributed by atoms with Crippen molar-refractivity contribution in [3.05, 3.63) is 35.2 Å². The topological polar surface area (TPSA) is 68.0 Å². The molecule has 1 amide bonds. The normalized spacial score (nSPS) is 10.1. The van der Waals surface area contributed by atoms with Crippen LogP contribution < -0.4 is 5.32 Å². The van der Waals surface area contributed by atoms with Gasteiger partial charge in [-0.05, 0) is 18.2 Å². The van der Waals surface area contributed by atoms with E-state index in [-0.39, 0.29) is 11.8 Å². The van der Waals surface area contributed by atoms with Crippen molar-refractivity contribution in [3.63, 3.8) is 0 Å². The average molecular weight is 238 g/mol. The van der Waals surface area contributed by atoms with Crippen molar-refractivity contribution in [2.75, 3.05) is 7.05 Å². The first kappa shape index (κ1) is 10.6. The molecule has 1 heterocycles. The van der Waals surface area contributed by atoms with Gasteiger partial charge in [0.25, 0.3) is 0 Å². The minimum absolute atomic E-state index is 0.0718. The fourth-order valence-electron chi connectivity index (χ4n) is 1.16. The summed E-state index contributed by atoms with van der Waals surface area (Å²) in [5, 5.41) is 10.3. The maximum absolute atomic E-state index is 11.2. The predicted molar refractivity (Wildman–Crippen MR) is 58.1 cm³/mol. The summed E-state index contributed by atoms with van der Waals surface area (Å²) < 4.78 is 5.18. The molecule has 0 saturated heterocycles. The number of hydrogen-bond acceptors (Lipinski definition) is 4.